The summed E-state index contributed by atoms with van der Waals surface area (Å²) in [5.41, 5.74) is 1.16. The van der Waals surface area contributed by atoms with E-state index in [2.05, 4.69) is 11.5 Å². The van der Waals surface area contributed by atoms with Gasteiger partial charge in [-0.25, -0.2) is 0 Å². The molecule has 1 aliphatic heterocycles. The second-order valence-electron chi connectivity index (χ2n) is 2.30. The Kier molecular flexibility index (Phi) is 2.15. The lowest BCUT2D eigenvalue weighted by molar-refractivity contribution is 1.31. The first-order valence-corrected chi connectivity index (χ1v) is 5.23. The predicted molar refractivity (Wildman–Crippen MR) is 52.8 cm³/mol. The zero-order valence-electron chi connectivity index (χ0n) is 6.23. The molecule has 2 rings (SSSR count). The first-order valence-electron chi connectivity index (χ1n) is 3.47. The Hall–Kier alpha value is -0.790. The summed E-state index contributed by atoms with van der Waals surface area (Å²) in [6.07, 6.45) is 0. The van der Waals surface area contributed by atoms with E-state index in [9.17, 15) is 0 Å². The third-order valence-corrected chi connectivity index (χ3v) is 3.46. The number of rotatable bonds is 1. The molecule has 4 heteroatoms. The number of nitrogens with zero attached hydrogens (tertiary/aromatic N) is 2. The molecule has 0 unspecified atom stereocenters. The van der Waals surface area contributed by atoms with E-state index in [1.165, 1.54) is 16.8 Å². The molecule has 1 heterocycles. The molecule has 2 nitrogen and oxygen atoms in total. The van der Waals surface area contributed by atoms with E-state index in [0.29, 0.717) is 0 Å². The van der Waals surface area contributed by atoms with Gasteiger partial charge in [-0.1, -0.05) is 12.1 Å². The highest BCUT2D eigenvalue weighted by atomic mass is 32.2. The van der Waals surface area contributed by atoms with Crippen LogP contribution in [0.25, 0.3) is 0 Å². The van der Waals surface area contributed by atoms with Crippen molar-refractivity contribution >= 4 is 29.4 Å². The lowest BCUT2D eigenvalue weighted by Gasteiger charge is -2.10. The van der Waals surface area contributed by atoms with Crippen molar-refractivity contribution in [3.05, 3.63) is 24.3 Å². The van der Waals surface area contributed by atoms with Gasteiger partial charge in [0.25, 0.3) is 0 Å². The van der Waals surface area contributed by atoms with Gasteiger partial charge in [-0.2, -0.15) is 5.26 Å². The van der Waals surface area contributed by atoms with Crippen LogP contribution in [-0.4, -0.2) is 5.88 Å². The van der Waals surface area contributed by atoms with Crippen LogP contribution in [0, 0.1) is 10.7 Å². The fourth-order valence-electron chi connectivity index (χ4n) is 1.11. The van der Waals surface area contributed by atoms with Crippen molar-refractivity contribution in [2.45, 2.75) is 4.90 Å². The van der Waals surface area contributed by atoms with Gasteiger partial charge in [-0.15, -0.1) is 11.8 Å². The summed E-state index contributed by atoms with van der Waals surface area (Å²) in [6, 6.07) is 8.14. The Morgan fingerprint density at radius 2 is 2.33 bits per heavy atom. The van der Waals surface area contributed by atoms with Crippen LogP contribution in [0.5, 0.6) is 0 Å². The summed E-state index contributed by atoms with van der Waals surface area (Å²) in [4.78, 5) is 1.26. The van der Waals surface area contributed by atoms with Gasteiger partial charge in [-0.05, 0) is 12.1 Å². The number of nitriles is 1. The highest BCUT2D eigenvalue weighted by Crippen LogP contribution is 2.41. The minimum Gasteiger partial charge on any atom is -0.292 e. The van der Waals surface area contributed by atoms with Gasteiger partial charge in [0, 0.05) is 4.90 Å². The molecule has 60 valence electrons. The Morgan fingerprint density at radius 3 is 3.17 bits per heavy atom. The topological polar surface area (TPSA) is 27.0 Å². The van der Waals surface area contributed by atoms with Gasteiger partial charge in [0.1, 0.15) is 0 Å². The fraction of sp³-hybridized carbons (Fsp3) is 0.125. The highest BCUT2D eigenvalue weighted by Gasteiger charge is 2.18. The van der Waals surface area contributed by atoms with Crippen LogP contribution in [-0.2, 0) is 0 Å². The highest BCUT2D eigenvalue weighted by molar-refractivity contribution is 8.07. The van der Waals surface area contributed by atoms with Gasteiger partial charge in [0.2, 0.25) is 0 Å². The number of hydrogen-bond donors (Lipinski definition) is 0. The molecule has 1 aliphatic rings. The number of anilines is 1. The second kappa shape index (κ2) is 3.30. The monoisotopic (exact) mass is 194 g/mol. The minimum atomic E-state index is 0.873. The van der Waals surface area contributed by atoms with Gasteiger partial charge >= 0.3 is 0 Å². The minimum absolute atomic E-state index is 0.873. The number of para-hydroxylation sites is 1. The van der Waals surface area contributed by atoms with Crippen LogP contribution in [0.4, 0.5) is 5.69 Å². The van der Waals surface area contributed by atoms with Crippen molar-refractivity contribution in [1.29, 1.82) is 5.26 Å². The van der Waals surface area contributed by atoms with E-state index < -0.39 is 0 Å². The van der Waals surface area contributed by atoms with Crippen LogP contribution in [0.3, 0.4) is 0 Å². The summed E-state index contributed by atoms with van der Waals surface area (Å²) < 4.78 is 2.00. The average Bonchev–Trinajstić information content (AvgIpc) is 2.50. The normalized spacial score (nSPS) is 14.1. The van der Waals surface area contributed by atoms with Crippen LogP contribution in [0.15, 0.2) is 29.2 Å². The molecule has 1 aromatic rings. The summed E-state index contributed by atoms with van der Waals surface area (Å²) >= 11 is 2.97. The van der Waals surface area contributed by atoms with E-state index in [4.69, 9.17) is 5.26 Å². The summed E-state index contributed by atoms with van der Waals surface area (Å²) in [6.45, 7) is 0. The van der Waals surface area contributed by atoms with Gasteiger partial charge in [-0.3, -0.25) is 4.31 Å². The molecule has 0 atom stereocenters. The molecule has 0 aromatic heterocycles. The smallest absolute Gasteiger partial charge is 0.156 e. The van der Waals surface area contributed by atoms with Gasteiger partial charge in [0.05, 0.1) is 23.5 Å². The van der Waals surface area contributed by atoms with E-state index in [-0.39, 0.29) is 0 Å². The molecule has 0 amide bonds. The summed E-state index contributed by atoms with van der Waals surface area (Å²) in [5.74, 6) is 0.873. The molecule has 0 saturated carbocycles. The van der Waals surface area contributed by atoms with Gasteiger partial charge in [0.15, 0.2) is 5.40 Å². The molecule has 0 saturated heterocycles. The summed E-state index contributed by atoms with van der Waals surface area (Å²) in [7, 11) is 0. The second-order valence-corrected chi connectivity index (χ2v) is 4.09. The van der Waals surface area contributed by atoms with Gasteiger partial charge < -0.3 is 0 Å². The van der Waals surface area contributed by atoms with Crippen LogP contribution < -0.4 is 4.31 Å². The maximum atomic E-state index is 8.51. The lowest BCUT2D eigenvalue weighted by atomic mass is 10.3. The standard InChI is InChI=1S/C8H6N2S2/c9-5-12-10-6-11-8-4-2-1-3-7(8)10/h1-4H,6H2. The van der Waals surface area contributed by atoms with Crippen molar-refractivity contribution in [2.75, 3.05) is 10.2 Å². The predicted octanol–water partition coefficient (Wildman–Crippen LogP) is 2.69. The zero-order chi connectivity index (χ0) is 8.39. The molecule has 1 aromatic carbocycles. The molecule has 0 aliphatic carbocycles. The van der Waals surface area contributed by atoms with Crippen molar-refractivity contribution in [2.24, 2.45) is 0 Å². The van der Waals surface area contributed by atoms with Crippen LogP contribution in [0.1, 0.15) is 0 Å². The molecular weight excluding hydrogens is 188 g/mol. The molecule has 0 radical (unpaired) electrons. The van der Waals surface area contributed by atoms with Crippen molar-refractivity contribution in [3.63, 3.8) is 0 Å². The van der Waals surface area contributed by atoms with E-state index in [1.54, 1.807) is 11.8 Å². The maximum absolute atomic E-state index is 8.51. The zero-order valence-corrected chi connectivity index (χ0v) is 7.86. The Morgan fingerprint density at radius 1 is 1.50 bits per heavy atom. The third-order valence-electron chi connectivity index (χ3n) is 1.62. The third kappa shape index (κ3) is 1.26. The Balaban J connectivity index is 2.31. The maximum Gasteiger partial charge on any atom is 0.156 e. The van der Waals surface area contributed by atoms with Crippen molar-refractivity contribution in [3.8, 4) is 5.40 Å². The van der Waals surface area contributed by atoms with E-state index in [0.717, 1.165) is 11.6 Å². The molecule has 0 N–H and O–H groups in total. The van der Waals surface area contributed by atoms with E-state index >= 15 is 0 Å². The molecule has 0 spiro atoms. The largest absolute Gasteiger partial charge is 0.292 e. The first kappa shape index (κ1) is 7.84. The first-order chi connectivity index (χ1) is 5.92. The van der Waals surface area contributed by atoms with E-state index in [1.807, 2.05) is 22.5 Å². The number of benzene rings is 1. The molecule has 12 heavy (non-hydrogen) atoms. The quantitative estimate of drug-likeness (QED) is 0.507. The lowest BCUT2D eigenvalue weighted by Crippen LogP contribution is -2.06. The van der Waals surface area contributed by atoms with Crippen LogP contribution in [0.2, 0.25) is 0 Å². The molecule has 0 fully saturated rings. The SMILES string of the molecule is N#CSN1CSc2ccccc21. The van der Waals surface area contributed by atoms with Crippen molar-refractivity contribution in [1.82, 2.24) is 0 Å². The number of thiocyanates is 1. The fourth-order valence-corrected chi connectivity index (χ4v) is 2.79. The number of hydrogen-bond acceptors (Lipinski definition) is 4. The number of fused-ring (bicyclic) bond motifs is 1. The van der Waals surface area contributed by atoms with Crippen LogP contribution >= 0.6 is 23.7 Å². The number of thioether (sulfide) groups is 1. The molecular formula is C8H6N2S2. The summed E-state index contributed by atoms with van der Waals surface area (Å²) in [5, 5.41) is 10.6. The Labute approximate surface area is 79.7 Å². The molecule has 0 bridgehead atoms. The average molecular weight is 194 g/mol. The van der Waals surface area contributed by atoms with Crippen molar-refractivity contribution < 1.29 is 0 Å². The Bertz CT molecular complexity index is 332.